The van der Waals surface area contributed by atoms with Gasteiger partial charge in [-0.1, -0.05) is 18.2 Å². The number of carboxylic acid groups (broad SMARTS) is 1. The maximum atomic E-state index is 12.9. The van der Waals surface area contributed by atoms with Crippen molar-refractivity contribution in [1.29, 1.82) is 0 Å². The van der Waals surface area contributed by atoms with Crippen molar-refractivity contribution in [3.8, 4) is 0 Å². The largest absolute Gasteiger partial charge is 0.481 e. The topological polar surface area (TPSA) is 114 Å². The molecule has 0 aliphatic carbocycles. The third-order valence-corrected chi connectivity index (χ3v) is 6.43. The molecule has 1 fully saturated rings. The Morgan fingerprint density at radius 2 is 1.97 bits per heavy atom. The number of nitrogens with zero attached hydrogens (tertiary/aromatic N) is 4. The van der Waals surface area contributed by atoms with E-state index in [0.29, 0.717) is 25.5 Å². The number of urea groups is 1. The fourth-order valence-electron chi connectivity index (χ4n) is 4.61. The Labute approximate surface area is 191 Å². The number of pyridine rings is 1. The van der Waals surface area contributed by atoms with E-state index >= 15 is 0 Å². The maximum absolute atomic E-state index is 12.9. The smallest absolute Gasteiger partial charge is 0.320 e. The van der Waals surface area contributed by atoms with E-state index in [4.69, 9.17) is 4.98 Å². The average Bonchev–Trinajstić information content (AvgIpc) is 3.40. The van der Waals surface area contributed by atoms with Gasteiger partial charge in [0.1, 0.15) is 17.6 Å². The summed E-state index contributed by atoms with van der Waals surface area (Å²) in [5.41, 5.74) is 3.81. The van der Waals surface area contributed by atoms with Crippen LogP contribution >= 0.6 is 0 Å². The van der Waals surface area contributed by atoms with E-state index in [9.17, 15) is 14.7 Å². The van der Waals surface area contributed by atoms with Gasteiger partial charge in [0.05, 0.1) is 11.0 Å². The van der Waals surface area contributed by atoms with Crippen LogP contribution in [0.25, 0.3) is 11.0 Å². The predicted octanol–water partition coefficient (Wildman–Crippen LogP) is 2.85. The number of hydrogen-bond donors (Lipinski definition) is 3. The van der Waals surface area contributed by atoms with Gasteiger partial charge in [0.15, 0.2) is 0 Å². The zero-order valence-electron chi connectivity index (χ0n) is 18.5. The monoisotopic (exact) mass is 448 g/mol. The summed E-state index contributed by atoms with van der Waals surface area (Å²) in [7, 11) is 0. The van der Waals surface area contributed by atoms with Gasteiger partial charge < -0.3 is 25.2 Å². The number of hydrogen-bond acceptors (Lipinski definition) is 5. The van der Waals surface area contributed by atoms with Crippen LogP contribution in [0.15, 0.2) is 36.4 Å². The molecule has 9 heteroatoms. The van der Waals surface area contributed by atoms with Crippen LogP contribution in [0.1, 0.15) is 35.8 Å². The number of benzene rings is 1. The Morgan fingerprint density at radius 1 is 1.12 bits per heavy atom. The summed E-state index contributed by atoms with van der Waals surface area (Å²) in [4.78, 5) is 40.5. The second-order valence-corrected chi connectivity index (χ2v) is 8.69. The molecule has 1 atom stereocenters. The highest BCUT2D eigenvalue weighted by molar-refractivity contribution is 5.81. The van der Waals surface area contributed by atoms with Crippen LogP contribution < -0.4 is 5.32 Å². The van der Waals surface area contributed by atoms with Gasteiger partial charge in [0.2, 0.25) is 0 Å². The van der Waals surface area contributed by atoms with Gasteiger partial charge in [0, 0.05) is 38.4 Å². The van der Waals surface area contributed by atoms with Gasteiger partial charge in [-0.15, -0.1) is 0 Å². The summed E-state index contributed by atoms with van der Waals surface area (Å²) in [6.07, 6.45) is 3.83. The number of aromatic nitrogens is 3. The quantitative estimate of drug-likeness (QED) is 0.488. The highest BCUT2D eigenvalue weighted by atomic mass is 16.4. The summed E-state index contributed by atoms with van der Waals surface area (Å²) in [6, 6.07) is 11.5. The molecule has 0 bridgehead atoms. The number of carbonyl (C=O) groups is 2. The average molecular weight is 449 g/mol. The van der Waals surface area contributed by atoms with Gasteiger partial charge in [-0.2, -0.15) is 0 Å². The van der Waals surface area contributed by atoms with E-state index in [2.05, 4.69) is 27.4 Å². The first-order chi connectivity index (χ1) is 16.1. The van der Waals surface area contributed by atoms with Crippen molar-refractivity contribution < 1.29 is 14.7 Å². The van der Waals surface area contributed by atoms with Crippen LogP contribution in [0.3, 0.4) is 0 Å². The number of aryl methyl sites for hydroxylation is 2. The minimum absolute atomic E-state index is 0.0997. The Bertz CT molecular complexity index is 1140. The summed E-state index contributed by atoms with van der Waals surface area (Å²) < 4.78 is 0. The second kappa shape index (κ2) is 9.09. The van der Waals surface area contributed by atoms with Crippen molar-refractivity contribution in [1.82, 2.24) is 24.8 Å². The number of amides is 2. The summed E-state index contributed by atoms with van der Waals surface area (Å²) in [5.74, 6) is -0.518. The number of anilines is 1. The summed E-state index contributed by atoms with van der Waals surface area (Å²) in [6.45, 7) is 2.81. The molecule has 2 aliphatic heterocycles. The van der Waals surface area contributed by atoms with E-state index < -0.39 is 11.9 Å². The molecule has 5 rings (SSSR count). The lowest BCUT2D eigenvalue weighted by Gasteiger charge is -2.21. The Balaban J connectivity index is 1.17. The van der Waals surface area contributed by atoms with Crippen LogP contribution in [0.4, 0.5) is 10.6 Å². The standard InChI is InChI=1S/C24H28N6O3/c31-23(32)18(22-27-19-7-1-2-8-20(19)28-22)15-30-14-13-29(24(30)33)12-4-6-17-10-9-16-5-3-11-25-21(16)26-17/h1-2,7-10,18H,3-6,11-15H2,(H,25,26)(H,27,28)(H,31,32). The Hall–Kier alpha value is -3.62. The highest BCUT2D eigenvalue weighted by Gasteiger charge is 2.34. The Morgan fingerprint density at radius 3 is 2.82 bits per heavy atom. The molecule has 2 aromatic heterocycles. The molecule has 2 amide bonds. The minimum Gasteiger partial charge on any atom is -0.481 e. The van der Waals surface area contributed by atoms with E-state index in [-0.39, 0.29) is 12.6 Å². The highest BCUT2D eigenvalue weighted by Crippen LogP contribution is 2.23. The first-order valence-electron chi connectivity index (χ1n) is 11.5. The fourth-order valence-corrected chi connectivity index (χ4v) is 4.61. The molecule has 4 heterocycles. The number of aromatic amines is 1. The SMILES string of the molecule is O=C(O)C(CN1CCN(CCCc2ccc3c(n2)NCCC3)C1=O)c1nc2ccccc2[nH]1. The van der Waals surface area contributed by atoms with Crippen molar-refractivity contribution in [3.63, 3.8) is 0 Å². The number of H-pyrrole nitrogens is 1. The molecule has 1 aromatic carbocycles. The van der Waals surface area contributed by atoms with Crippen LogP contribution in [0, 0.1) is 0 Å². The van der Waals surface area contributed by atoms with Gasteiger partial charge in [-0.05, 0) is 49.4 Å². The number of aliphatic carboxylic acids is 1. The number of carboxylic acids is 1. The number of para-hydroxylation sites is 2. The van der Waals surface area contributed by atoms with E-state index in [1.54, 1.807) is 9.80 Å². The molecule has 172 valence electrons. The summed E-state index contributed by atoms with van der Waals surface area (Å²) in [5, 5.41) is 13.2. The molecule has 0 saturated carbocycles. The number of imidazole rings is 1. The first kappa shape index (κ1) is 21.2. The molecular formula is C24H28N6O3. The molecule has 33 heavy (non-hydrogen) atoms. The van der Waals surface area contributed by atoms with Gasteiger partial charge >= 0.3 is 12.0 Å². The molecular weight excluding hydrogens is 420 g/mol. The number of rotatable bonds is 8. The van der Waals surface area contributed by atoms with Crippen molar-refractivity contribution in [2.24, 2.45) is 0 Å². The van der Waals surface area contributed by atoms with Crippen molar-refractivity contribution in [2.45, 2.75) is 31.6 Å². The lowest BCUT2D eigenvalue weighted by molar-refractivity contribution is -0.139. The van der Waals surface area contributed by atoms with Crippen LogP contribution in [-0.4, -0.2) is 74.6 Å². The zero-order valence-corrected chi connectivity index (χ0v) is 18.5. The van der Waals surface area contributed by atoms with Gasteiger partial charge in [-0.25, -0.2) is 14.8 Å². The van der Waals surface area contributed by atoms with Crippen LogP contribution in [0.5, 0.6) is 0 Å². The van der Waals surface area contributed by atoms with Gasteiger partial charge in [0.25, 0.3) is 0 Å². The van der Waals surface area contributed by atoms with E-state index in [0.717, 1.165) is 54.8 Å². The number of fused-ring (bicyclic) bond motifs is 2. The normalized spacial score (nSPS) is 16.7. The third kappa shape index (κ3) is 4.48. The van der Waals surface area contributed by atoms with Crippen LogP contribution in [-0.2, 0) is 17.6 Å². The van der Waals surface area contributed by atoms with Crippen molar-refractivity contribution >= 4 is 28.9 Å². The van der Waals surface area contributed by atoms with E-state index in [1.807, 2.05) is 24.3 Å². The molecule has 1 saturated heterocycles. The molecule has 0 radical (unpaired) electrons. The fraction of sp³-hybridized carbons (Fsp3) is 0.417. The molecule has 0 spiro atoms. The molecule has 3 N–H and O–H groups in total. The third-order valence-electron chi connectivity index (χ3n) is 6.43. The zero-order chi connectivity index (χ0) is 22.8. The lowest BCUT2D eigenvalue weighted by Crippen LogP contribution is -2.37. The molecule has 9 nitrogen and oxygen atoms in total. The van der Waals surface area contributed by atoms with Gasteiger partial charge in [-0.3, -0.25) is 4.79 Å². The summed E-state index contributed by atoms with van der Waals surface area (Å²) >= 11 is 0. The molecule has 2 aliphatic rings. The first-order valence-corrected chi connectivity index (χ1v) is 11.5. The number of carbonyl (C=O) groups excluding carboxylic acids is 1. The maximum Gasteiger partial charge on any atom is 0.320 e. The molecule has 1 unspecified atom stereocenters. The Kier molecular flexibility index (Phi) is 5.85. The second-order valence-electron chi connectivity index (χ2n) is 8.69. The number of nitrogens with one attached hydrogen (secondary N) is 2. The lowest BCUT2D eigenvalue weighted by atomic mass is 10.1. The van der Waals surface area contributed by atoms with Crippen molar-refractivity contribution in [2.75, 3.05) is 38.0 Å². The predicted molar refractivity (Wildman–Crippen MR) is 124 cm³/mol. The molecule has 3 aromatic rings. The van der Waals surface area contributed by atoms with Crippen LogP contribution in [0.2, 0.25) is 0 Å². The minimum atomic E-state index is -0.993. The van der Waals surface area contributed by atoms with Crippen molar-refractivity contribution in [3.05, 3.63) is 53.5 Å². The van der Waals surface area contributed by atoms with E-state index in [1.165, 1.54) is 5.56 Å².